The number of hydrogen-bond donors (Lipinski definition) is 2. The Balaban J connectivity index is 0.000000295. The lowest BCUT2D eigenvalue weighted by Gasteiger charge is -2.36. The lowest BCUT2D eigenvalue weighted by molar-refractivity contribution is -0.192. The number of carboxylic acids is 1. The van der Waals surface area contributed by atoms with Crippen molar-refractivity contribution in [3.8, 4) is 0 Å². The Morgan fingerprint density at radius 2 is 2.14 bits per heavy atom. The molecule has 1 saturated heterocycles. The molecule has 0 aliphatic carbocycles. The SMILES string of the molecule is C=CC1CNCCN1c1cccc(Br)c1.O=C(O)C(F)(F)F. The molecule has 0 saturated carbocycles. The molecule has 2 rings (SSSR count). The van der Waals surface area contributed by atoms with Crippen molar-refractivity contribution in [3.05, 3.63) is 41.4 Å². The number of piperazine rings is 1. The van der Waals surface area contributed by atoms with Gasteiger partial charge in [0.25, 0.3) is 0 Å². The van der Waals surface area contributed by atoms with Crippen molar-refractivity contribution in [2.75, 3.05) is 24.5 Å². The fourth-order valence-corrected chi connectivity index (χ4v) is 2.30. The fraction of sp³-hybridized carbons (Fsp3) is 0.357. The molecule has 1 heterocycles. The van der Waals surface area contributed by atoms with Crippen LogP contribution in [-0.2, 0) is 4.79 Å². The predicted molar refractivity (Wildman–Crippen MR) is 82.0 cm³/mol. The van der Waals surface area contributed by atoms with Crippen LogP contribution in [0, 0.1) is 0 Å². The van der Waals surface area contributed by atoms with Crippen LogP contribution in [0.2, 0.25) is 0 Å². The number of anilines is 1. The number of nitrogens with one attached hydrogen (secondary N) is 1. The van der Waals surface area contributed by atoms with E-state index < -0.39 is 12.1 Å². The first kappa shape index (κ1) is 18.5. The Kier molecular flexibility index (Phi) is 6.89. The molecule has 122 valence electrons. The molecule has 2 N–H and O–H groups in total. The summed E-state index contributed by atoms with van der Waals surface area (Å²) in [7, 11) is 0. The number of aliphatic carboxylic acids is 1. The van der Waals surface area contributed by atoms with Gasteiger partial charge < -0.3 is 15.3 Å². The predicted octanol–water partition coefficient (Wildman–Crippen LogP) is 3.05. The Morgan fingerprint density at radius 3 is 2.64 bits per heavy atom. The lowest BCUT2D eigenvalue weighted by Crippen LogP contribution is -2.50. The Bertz CT molecular complexity index is 523. The molecule has 1 atom stereocenters. The standard InChI is InChI=1S/C12H15BrN2.C2HF3O2/c1-2-11-9-14-6-7-15(11)12-5-3-4-10(13)8-12;3-2(4,5)1(6)7/h2-5,8,11,14H,1,6-7,9H2;(H,6,7). The molecule has 4 nitrogen and oxygen atoms in total. The Labute approximate surface area is 134 Å². The molecule has 0 amide bonds. The summed E-state index contributed by atoms with van der Waals surface area (Å²) in [4.78, 5) is 11.3. The molecular formula is C14H16BrF3N2O2. The molecule has 1 aromatic carbocycles. The highest BCUT2D eigenvalue weighted by molar-refractivity contribution is 9.10. The quantitative estimate of drug-likeness (QED) is 0.774. The van der Waals surface area contributed by atoms with Crippen LogP contribution in [0.4, 0.5) is 18.9 Å². The van der Waals surface area contributed by atoms with Crippen LogP contribution in [0.15, 0.2) is 41.4 Å². The maximum Gasteiger partial charge on any atom is 0.490 e. The van der Waals surface area contributed by atoms with Crippen LogP contribution in [0.5, 0.6) is 0 Å². The third-order valence-corrected chi connectivity index (χ3v) is 3.43. The molecule has 0 bridgehead atoms. The average molecular weight is 381 g/mol. The monoisotopic (exact) mass is 380 g/mol. The highest BCUT2D eigenvalue weighted by Gasteiger charge is 2.38. The molecule has 0 aromatic heterocycles. The highest BCUT2D eigenvalue weighted by Crippen LogP contribution is 2.22. The third-order valence-electron chi connectivity index (χ3n) is 2.94. The van der Waals surface area contributed by atoms with Crippen LogP contribution in [0.3, 0.4) is 0 Å². The summed E-state index contributed by atoms with van der Waals surface area (Å²) >= 11 is 3.50. The van der Waals surface area contributed by atoms with Gasteiger partial charge in [-0.3, -0.25) is 0 Å². The summed E-state index contributed by atoms with van der Waals surface area (Å²) in [6.45, 7) is 6.94. The van der Waals surface area contributed by atoms with Gasteiger partial charge in [-0.25, -0.2) is 4.79 Å². The maximum atomic E-state index is 10.6. The molecule has 1 aliphatic rings. The summed E-state index contributed by atoms with van der Waals surface area (Å²) in [5.41, 5.74) is 1.26. The van der Waals surface area contributed by atoms with Crippen LogP contribution >= 0.6 is 15.9 Å². The van der Waals surface area contributed by atoms with Gasteiger partial charge in [0, 0.05) is 29.8 Å². The largest absolute Gasteiger partial charge is 0.490 e. The molecule has 1 unspecified atom stereocenters. The molecule has 22 heavy (non-hydrogen) atoms. The van der Waals surface area contributed by atoms with Crippen molar-refractivity contribution >= 4 is 27.6 Å². The Morgan fingerprint density at radius 1 is 1.50 bits per heavy atom. The van der Waals surface area contributed by atoms with Gasteiger partial charge in [0.05, 0.1) is 6.04 Å². The van der Waals surface area contributed by atoms with E-state index in [0.29, 0.717) is 6.04 Å². The van der Waals surface area contributed by atoms with E-state index >= 15 is 0 Å². The molecule has 1 fully saturated rings. The van der Waals surface area contributed by atoms with Gasteiger partial charge in [-0.05, 0) is 18.2 Å². The molecular weight excluding hydrogens is 365 g/mol. The summed E-state index contributed by atoms with van der Waals surface area (Å²) < 4.78 is 32.9. The summed E-state index contributed by atoms with van der Waals surface area (Å²) in [5, 5.41) is 10.5. The second-order valence-electron chi connectivity index (χ2n) is 4.48. The minimum Gasteiger partial charge on any atom is -0.475 e. The van der Waals surface area contributed by atoms with E-state index in [1.54, 1.807) is 0 Å². The average Bonchev–Trinajstić information content (AvgIpc) is 2.47. The van der Waals surface area contributed by atoms with Gasteiger partial charge in [-0.2, -0.15) is 13.2 Å². The van der Waals surface area contributed by atoms with Gasteiger partial charge in [0.1, 0.15) is 0 Å². The second-order valence-corrected chi connectivity index (χ2v) is 5.40. The number of alkyl halides is 3. The van der Waals surface area contributed by atoms with Crippen LogP contribution in [0.25, 0.3) is 0 Å². The van der Waals surface area contributed by atoms with Crippen molar-refractivity contribution < 1.29 is 23.1 Å². The third kappa shape index (κ3) is 5.69. The molecule has 0 radical (unpaired) electrons. The van der Waals surface area contributed by atoms with Crippen molar-refractivity contribution in [2.45, 2.75) is 12.2 Å². The number of carboxylic acid groups (broad SMARTS) is 1. The first-order chi connectivity index (χ1) is 10.3. The van der Waals surface area contributed by atoms with Crippen molar-refractivity contribution in [1.29, 1.82) is 0 Å². The lowest BCUT2D eigenvalue weighted by atomic mass is 10.1. The van der Waals surface area contributed by atoms with Gasteiger partial charge in [-0.1, -0.05) is 28.1 Å². The van der Waals surface area contributed by atoms with E-state index in [4.69, 9.17) is 9.90 Å². The number of nitrogens with zero attached hydrogens (tertiary/aromatic N) is 1. The summed E-state index contributed by atoms with van der Waals surface area (Å²) in [6, 6.07) is 8.82. The van der Waals surface area contributed by atoms with Gasteiger partial charge in [-0.15, -0.1) is 6.58 Å². The van der Waals surface area contributed by atoms with E-state index in [1.807, 2.05) is 6.08 Å². The molecule has 0 spiro atoms. The smallest absolute Gasteiger partial charge is 0.475 e. The molecule has 1 aromatic rings. The zero-order chi connectivity index (χ0) is 16.8. The molecule has 8 heteroatoms. The van der Waals surface area contributed by atoms with Crippen molar-refractivity contribution in [1.82, 2.24) is 5.32 Å². The van der Waals surface area contributed by atoms with Crippen molar-refractivity contribution in [3.63, 3.8) is 0 Å². The fourth-order valence-electron chi connectivity index (χ4n) is 1.91. The zero-order valence-corrected chi connectivity index (χ0v) is 13.2. The van der Waals surface area contributed by atoms with E-state index in [9.17, 15) is 13.2 Å². The summed E-state index contributed by atoms with van der Waals surface area (Å²) in [5.74, 6) is -2.76. The number of benzene rings is 1. The zero-order valence-electron chi connectivity index (χ0n) is 11.6. The van der Waals surface area contributed by atoms with Crippen molar-refractivity contribution in [2.24, 2.45) is 0 Å². The van der Waals surface area contributed by atoms with E-state index in [1.165, 1.54) is 5.69 Å². The van der Waals surface area contributed by atoms with Gasteiger partial charge in [0.2, 0.25) is 0 Å². The minimum absolute atomic E-state index is 0.396. The summed E-state index contributed by atoms with van der Waals surface area (Å²) in [6.07, 6.45) is -3.08. The van der Waals surface area contributed by atoms with Crippen LogP contribution in [-0.4, -0.2) is 42.9 Å². The second kappa shape index (κ2) is 8.19. The minimum atomic E-state index is -5.08. The maximum absolute atomic E-state index is 10.6. The topological polar surface area (TPSA) is 52.6 Å². The van der Waals surface area contributed by atoms with E-state index in [0.717, 1.165) is 24.1 Å². The van der Waals surface area contributed by atoms with Gasteiger partial charge >= 0.3 is 12.1 Å². The number of rotatable bonds is 2. The van der Waals surface area contributed by atoms with Crippen LogP contribution < -0.4 is 10.2 Å². The highest BCUT2D eigenvalue weighted by atomic mass is 79.9. The first-order valence-corrected chi connectivity index (χ1v) is 7.20. The Hall–Kier alpha value is -1.54. The number of halogens is 4. The van der Waals surface area contributed by atoms with E-state index in [-0.39, 0.29) is 0 Å². The van der Waals surface area contributed by atoms with Crippen LogP contribution in [0.1, 0.15) is 0 Å². The van der Waals surface area contributed by atoms with Gasteiger partial charge in [0.15, 0.2) is 0 Å². The van der Waals surface area contributed by atoms with E-state index in [2.05, 4.69) is 57.0 Å². The normalized spacial score (nSPS) is 18.2. The number of hydrogen-bond acceptors (Lipinski definition) is 3. The molecule has 1 aliphatic heterocycles. The number of carbonyl (C=O) groups is 1. The first-order valence-electron chi connectivity index (χ1n) is 6.41.